The molecule has 0 aliphatic rings. The minimum atomic E-state index is -4.43. The van der Waals surface area contributed by atoms with Crippen molar-refractivity contribution in [2.45, 2.75) is 25.1 Å². The number of benzene rings is 2. The third kappa shape index (κ3) is 6.57. The quantitative estimate of drug-likeness (QED) is 0.726. The van der Waals surface area contributed by atoms with Crippen LogP contribution in [0.15, 0.2) is 60.7 Å². The van der Waals surface area contributed by atoms with Crippen molar-refractivity contribution in [3.8, 4) is 0 Å². The first kappa shape index (κ1) is 21.2. The number of hydrogen-bond donors (Lipinski definition) is 1. The van der Waals surface area contributed by atoms with Crippen LogP contribution in [0, 0.1) is 0 Å². The van der Waals surface area contributed by atoms with Crippen molar-refractivity contribution >= 4 is 18.0 Å². The lowest BCUT2D eigenvalue weighted by Crippen LogP contribution is -2.41. The average molecular weight is 391 g/mol. The second-order valence-electron chi connectivity index (χ2n) is 6.06. The maximum absolute atomic E-state index is 12.6. The second-order valence-corrected chi connectivity index (χ2v) is 6.06. The molecule has 1 N–H and O–H groups in total. The molecule has 0 heterocycles. The molecule has 0 spiro atoms. The number of alkyl halides is 3. The van der Waals surface area contributed by atoms with E-state index in [0.717, 1.165) is 17.7 Å². The monoisotopic (exact) mass is 391 g/mol. The van der Waals surface area contributed by atoms with Crippen LogP contribution in [0.5, 0.6) is 0 Å². The predicted octanol–water partition coefficient (Wildman–Crippen LogP) is 4.01. The number of hydrogen-bond acceptors (Lipinski definition) is 3. The summed E-state index contributed by atoms with van der Waals surface area (Å²) in [5.41, 5.74) is 0.575. The summed E-state index contributed by atoms with van der Waals surface area (Å²) in [5.74, 6) is -1.08. The largest absolute Gasteiger partial charge is 0.467 e. The summed E-state index contributed by atoms with van der Waals surface area (Å²) in [6, 6.07) is 12.9. The number of amides is 1. The minimum absolute atomic E-state index is 0.145. The van der Waals surface area contributed by atoms with Gasteiger partial charge in [-0.1, -0.05) is 54.6 Å². The van der Waals surface area contributed by atoms with E-state index in [1.807, 2.05) is 36.4 Å². The summed E-state index contributed by atoms with van der Waals surface area (Å²) < 4.78 is 42.5. The maximum atomic E-state index is 12.6. The Morgan fingerprint density at radius 3 is 2.29 bits per heavy atom. The molecule has 28 heavy (non-hydrogen) atoms. The van der Waals surface area contributed by atoms with E-state index in [2.05, 4.69) is 5.32 Å². The molecule has 4 nitrogen and oxygen atoms in total. The molecule has 1 atom stereocenters. The van der Waals surface area contributed by atoms with E-state index in [1.54, 1.807) is 6.08 Å². The smallest absolute Gasteiger partial charge is 0.416 e. The average Bonchev–Trinajstić information content (AvgIpc) is 2.67. The molecule has 2 aromatic carbocycles. The molecule has 0 fully saturated rings. The number of carbonyl (C=O) groups excluding carboxylic acids is 2. The zero-order chi connectivity index (χ0) is 20.6. The third-order valence-corrected chi connectivity index (χ3v) is 3.95. The summed E-state index contributed by atoms with van der Waals surface area (Å²) in [6.07, 6.45) is -0.788. The standard InChI is InChI=1S/C21H20F3NO3/c1-28-20(27)18(9-5-8-15-6-3-2-4-7-15)25-19(26)14-16-10-12-17(13-11-16)21(22,23)24/h2-8,10-13,18H,9,14H2,1H3,(H,25,26)/b8-5+/t18-/m1/s1. The lowest BCUT2D eigenvalue weighted by atomic mass is 10.1. The molecular formula is C21H20F3NO3. The summed E-state index contributed by atoms with van der Waals surface area (Å²) in [5, 5.41) is 2.56. The highest BCUT2D eigenvalue weighted by atomic mass is 19.4. The van der Waals surface area contributed by atoms with E-state index in [9.17, 15) is 22.8 Å². The topological polar surface area (TPSA) is 55.4 Å². The van der Waals surface area contributed by atoms with Gasteiger partial charge >= 0.3 is 12.1 Å². The molecule has 0 bridgehead atoms. The highest BCUT2D eigenvalue weighted by molar-refractivity contribution is 5.85. The van der Waals surface area contributed by atoms with Gasteiger partial charge in [-0.15, -0.1) is 0 Å². The fourth-order valence-corrected chi connectivity index (χ4v) is 2.50. The number of methoxy groups -OCH3 is 1. The summed E-state index contributed by atoms with van der Waals surface area (Å²) in [6.45, 7) is 0. The number of carbonyl (C=O) groups is 2. The van der Waals surface area contributed by atoms with Gasteiger partial charge in [0.25, 0.3) is 0 Å². The zero-order valence-electron chi connectivity index (χ0n) is 15.2. The Morgan fingerprint density at radius 1 is 1.07 bits per heavy atom. The minimum Gasteiger partial charge on any atom is -0.467 e. The third-order valence-electron chi connectivity index (χ3n) is 3.95. The van der Waals surface area contributed by atoms with Gasteiger partial charge in [0, 0.05) is 0 Å². The number of halogens is 3. The van der Waals surface area contributed by atoms with Gasteiger partial charge in [-0.3, -0.25) is 4.79 Å². The van der Waals surface area contributed by atoms with Crippen molar-refractivity contribution in [3.05, 3.63) is 77.4 Å². The highest BCUT2D eigenvalue weighted by Crippen LogP contribution is 2.29. The van der Waals surface area contributed by atoms with Crippen molar-refractivity contribution in [2.24, 2.45) is 0 Å². The summed E-state index contributed by atoms with van der Waals surface area (Å²) in [4.78, 5) is 24.1. The first-order valence-corrected chi connectivity index (χ1v) is 8.54. The molecule has 0 radical (unpaired) electrons. The van der Waals surface area contributed by atoms with Crippen molar-refractivity contribution in [1.29, 1.82) is 0 Å². The molecule has 1 amide bonds. The van der Waals surface area contributed by atoms with Crippen LogP contribution in [0.2, 0.25) is 0 Å². The molecular weight excluding hydrogens is 371 g/mol. The van der Waals surface area contributed by atoms with E-state index in [4.69, 9.17) is 4.74 Å². The fraction of sp³-hybridized carbons (Fsp3) is 0.238. The maximum Gasteiger partial charge on any atom is 0.416 e. The molecule has 7 heteroatoms. The van der Waals surface area contributed by atoms with Gasteiger partial charge in [0.2, 0.25) is 5.91 Å². The lowest BCUT2D eigenvalue weighted by molar-refractivity contribution is -0.144. The highest BCUT2D eigenvalue weighted by Gasteiger charge is 2.30. The van der Waals surface area contributed by atoms with Gasteiger partial charge in [0.1, 0.15) is 6.04 Å². The Morgan fingerprint density at radius 2 is 1.71 bits per heavy atom. The van der Waals surface area contributed by atoms with Crippen LogP contribution in [0.25, 0.3) is 6.08 Å². The van der Waals surface area contributed by atoms with E-state index >= 15 is 0 Å². The van der Waals surface area contributed by atoms with Crippen LogP contribution in [0.3, 0.4) is 0 Å². The number of ether oxygens (including phenoxy) is 1. The fourth-order valence-electron chi connectivity index (χ4n) is 2.50. The second kappa shape index (κ2) is 9.73. The van der Waals surface area contributed by atoms with Crippen molar-refractivity contribution in [2.75, 3.05) is 7.11 Å². The molecule has 0 aromatic heterocycles. The molecule has 0 aliphatic carbocycles. The SMILES string of the molecule is COC(=O)[C@@H](C/C=C/c1ccccc1)NC(=O)Cc1ccc(C(F)(F)F)cc1. The predicted molar refractivity (Wildman–Crippen MR) is 99.2 cm³/mol. The number of nitrogens with one attached hydrogen (secondary N) is 1. The molecule has 2 rings (SSSR count). The summed E-state index contributed by atoms with van der Waals surface area (Å²) in [7, 11) is 1.22. The van der Waals surface area contributed by atoms with Crippen LogP contribution in [0.4, 0.5) is 13.2 Å². The molecule has 148 valence electrons. The van der Waals surface area contributed by atoms with Crippen molar-refractivity contribution < 1.29 is 27.5 Å². The Hall–Kier alpha value is -3.09. The molecule has 0 aliphatic heterocycles. The molecule has 0 saturated carbocycles. The van der Waals surface area contributed by atoms with Crippen LogP contribution < -0.4 is 5.32 Å². The van der Waals surface area contributed by atoms with E-state index in [1.165, 1.54) is 19.2 Å². The molecule has 0 saturated heterocycles. The Bertz CT molecular complexity index is 815. The van der Waals surface area contributed by atoms with Crippen LogP contribution in [-0.2, 0) is 26.9 Å². The molecule has 0 unspecified atom stereocenters. The number of rotatable bonds is 7. The lowest BCUT2D eigenvalue weighted by Gasteiger charge is -2.15. The normalized spacial score (nSPS) is 12.6. The Labute approximate surface area is 161 Å². The van der Waals surface area contributed by atoms with Crippen LogP contribution in [0.1, 0.15) is 23.1 Å². The first-order chi connectivity index (χ1) is 13.3. The zero-order valence-corrected chi connectivity index (χ0v) is 15.2. The van der Waals surface area contributed by atoms with E-state index in [-0.39, 0.29) is 12.8 Å². The Balaban J connectivity index is 1.96. The van der Waals surface area contributed by atoms with E-state index in [0.29, 0.717) is 5.56 Å². The first-order valence-electron chi connectivity index (χ1n) is 8.54. The van der Waals surface area contributed by atoms with Gasteiger partial charge < -0.3 is 10.1 Å². The Kier molecular flexibility index (Phi) is 7.37. The van der Waals surface area contributed by atoms with E-state index < -0.39 is 29.7 Å². The van der Waals surface area contributed by atoms with Gasteiger partial charge in [0.05, 0.1) is 19.1 Å². The number of esters is 1. The summed E-state index contributed by atoms with van der Waals surface area (Å²) >= 11 is 0. The van der Waals surface area contributed by atoms with Gasteiger partial charge in [-0.25, -0.2) is 4.79 Å². The van der Waals surface area contributed by atoms with Crippen LogP contribution >= 0.6 is 0 Å². The molecule has 2 aromatic rings. The van der Waals surface area contributed by atoms with Crippen LogP contribution in [-0.4, -0.2) is 25.0 Å². The van der Waals surface area contributed by atoms with Gasteiger partial charge in [0.15, 0.2) is 0 Å². The van der Waals surface area contributed by atoms with Gasteiger partial charge in [-0.2, -0.15) is 13.2 Å². The van der Waals surface area contributed by atoms with Gasteiger partial charge in [-0.05, 0) is 29.7 Å². The van der Waals surface area contributed by atoms with Crippen molar-refractivity contribution in [3.63, 3.8) is 0 Å². The van der Waals surface area contributed by atoms with Crippen molar-refractivity contribution in [1.82, 2.24) is 5.32 Å².